The minimum absolute atomic E-state index is 0.108. The van der Waals surface area contributed by atoms with Gasteiger partial charge in [-0.05, 0) is 37.3 Å². The number of nitrogens with zero attached hydrogens (tertiary/aromatic N) is 2. The van der Waals surface area contributed by atoms with Crippen molar-refractivity contribution < 1.29 is 19.4 Å². The summed E-state index contributed by atoms with van der Waals surface area (Å²) in [5, 5.41) is 11.7. The lowest BCUT2D eigenvalue weighted by Crippen LogP contribution is -2.42. The van der Waals surface area contributed by atoms with Crippen molar-refractivity contribution >= 4 is 17.7 Å². The van der Waals surface area contributed by atoms with Crippen molar-refractivity contribution in [2.75, 3.05) is 45.2 Å². The molecule has 1 aliphatic rings. The number of piperidine rings is 1. The summed E-state index contributed by atoms with van der Waals surface area (Å²) in [4.78, 5) is 28.7. The number of para-hydroxylation sites is 1. The highest BCUT2D eigenvalue weighted by Crippen LogP contribution is 2.28. The minimum Gasteiger partial charge on any atom is -0.446 e. The van der Waals surface area contributed by atoms with Crippen LogP contribution >= 0.6 is 0 Å². The predicted molar refractivity (Wildman–Crippen MR) is 130 cm³/mol. The topological polar surface area (TPSA) is 82.1 Å². The van der Waals surface area contributed by atoms with E-state index in [1.807, 2.05) is 61.6 Å². The molecule has 0 aromatic heterocycles. The molecule has 1 saturated heterocycles. The second kappa shape index (κ2) is 13.0. The fourth-order valence-electron chi connectivity index (χ4n) is 4.00. The zero-order valence-corrected chi connectivity index (χ0v) is 19.4. The number of aliphatic hydroxyl groups excluding tert-OH is 1. The lowest BCUT2D eigenvalue weighted by Gasteiger charge is -2.32. The largest absolute Gasteiger partial charge is 0.446 e. The van der Waals surface area contributed by atoms with Crippen LogP contribution in [0.25, 0.3) is 11.1 Å². The minimum atomic E-state index is -0.426. The first-order valence-electron chi connectivity index (χ1n) is 11.8. The van der Waals surface area contributed by atoms with E-state index >= 15 is 0 Å². The first-order valence-corrected chi connectivity index (χ1v) is 11.8. The SMILES string of the molecule is CN(CCN1CCC(OC(=O)Nc2ccccc2-c2ccccc2)CC1)C(=O)CCCCO. The summed E-state index contributed by atoms with van der Waals surface area (Å²) in [6.45, 7) is 3.30. The smallest absolute Gasteiger partial charge is 0.411 e. The molecule has 0 bridgehead atoms. The predicted octanol–water partition coefficient (Wildman–Crippen LogP) is 3.99. The van der Waals surface area contributed by atoms with Crippen molar-refractivity contribution in [3.05, 3.63) is 54.6 Å². The molecule has 0 saturated carbocycles. The molecule has 7 heteroatoms. The Bertz CT molecular complexity index is 882. The van der Waals surface area contributed by atoms with Crippen LogP contribution < -0.4 is 5.32 Å². The normalized spacial score (nSPS) is 14.6. The van der Waals surface area contributed by atoms with Crippen molar-refractivity contribution in [1.82, 2.24) is 9.80 Å². The van der Waals surface area contributed by atoms with Gasteiger partial charge in [-0.3, -0.25) is 10.1 Å². The Morgan fingerprint density at radius 1 is 1.06 bits per heavy atom. The number of nitrogens with one attached hydrogen (secondary N) is 1. The third-order valence-electron chi connectivity index (χ3n) is 6.03. The third kappa shape index (κ3) is 7.87. The number of likely N-dealkylation sites (tertiary alicyclic amines) is 1. The Morgan fingerprint density at radius 2 is 1.76 bits per heavy atom. The molecule has 0 radical (unpaired) electrons. The van der Waals surface area contributed by atoms with Crippen LogP contribution in [0.2, 0.25) is 0 Å². The van der Waals surface area contributed by atoms with Crippen molar-refractivity contribution in [3.63, 3.8) is 0 Å². The van der Waals surface area contributed by atoms with Gasteiger partial charge >= 0.3 is 6.09 Å². The Hall–Kier alpha value is -2.90. The van der Waals surface area contributed by atoms with Gasteiger partial charge in [0.15, 0.2) is 0 Å². The van der Waals surface area contributed by atoms with Crippen LogP contribution in [-0.2, 0) is 9.53 Å². The fraction of sp³-hybridized carbons (Fsp3) is 0.462. The van der Waals surface area contributed by atoms with Crippen molar-refractivity contribution in [2.24, 2.45) is 0 Å². The van der Waals surface area contributed by atoms with Gasteiger partial charge in [-0.2, -0.15) is 0 Å². The van der Waals surface area contributed by atoms with E-state index in [4.69, 9.17) is 9.84 Å². The van der Waals surface area contributed by atoms with Gasteiger partial charge in [0.2, 0.25) is 5.91 Å². The van der Waals surface area contributed by atoms with E-state index in [1.165, 1.54) is 0 Å². The lowest BCUT2D eigenvalue weighted by atomic mass is 10.0. The summed E-state index contributed by atoms with van der Waals surface area (Å²) in [7, 11) is 1.83. The molecular formula is C26H35N3O4. The van der Waals surface area contributed by atoms with Gasteiger partial charge < -0.3 is 19.6 Å². The van der Waals surface area contributed by atoms with Gasteiger partial charge in [0.1, 0.15) is 6.10 Å². The molecule has 7 nitrogen and oxygen atoms in total. The highest BCUT2D eigenvalue weighted by Gasteiger charge is 2.23. The number of hydrogen-bond acceptors (Lipinski definition) is 5. The number of likely N-dealkylation sites (N-methyl/N-ethyl adjacent to an activating group) is 1. The van der Waals surface area contributed by atoms with E-state index in [9.17, 15) is 9.59 Å². The van der Waals surface area contributed by atoms with E-state index < -0.39 is 6.09 Å². The maximum atomic E-state index is 12.5. The molecule has 0 spiro atoms. The molecule has 1 heterocycles. The Morgan fingerprint density at radius 3 is 2.48 bits per heavy atom. The number of carbonyl (C=O) groups is 2. The standard InChI is InChI=1S/C26H35N3O4/c1-28(25(31)13-7-8-20-30)18-19-29-16-14-22(15-17-29)33-26(32)27-24-12-6-5-11-23(24)21-9-3-2-4-10-21/h2-6,9-12,22,30H,7-8,13-20H2,1H3,(H,27,32). The molecule has 1 fully saturated rings. The number of amides is 2. The van der Waals surface area contributed by atoms with E-state index in [0.717, 1.165) is 55.7 Å². The maximum Gasteiger partial charge on any atom is 0.411 e. The number of benzene rings is 2. The molecule has 0 aliphatic carbocycles. The number of aliphatic hydroxyl groups is 1. The monoisotopic (exact) mass is 453 g/mol. The van der Waals surface area contributed by atoms with Crippen LogP contribution in [0.3, 0.4) is 0 Å². The lowest BCUT2D eigenvalue weighted by molar-refractivity contribution is -0.130. The molecular weight excluding hydrogens is 418 g/mol. The summed E-state index contributed by atoms with van der Waals surface area (Å²) in [6, 6.07) is 17.7. The van der Waals surface area contributed by atoms with Crippen LogP contribution in [0.4, 0.5) is 10.5 Å². The second-order valence-corrected chi connectivity index (χ2v) is 8.48. The fourth-order valence-corrected chi connectivity index (χ4v) is 4.00. The summed E-state index contributed by atoms with van der Waals surface area (Å²) >= 11 is 0. The maximum absolute atomic E-state index is 12.5. The number of carbonyl (C=O) groups excluding carboxylic acids is 2. The van der Waals surface area contributed by atoms with Gasteiger partial charge in [0, 0.05) is 51.8 Å². The molecule has 33 heavy (non-hydrogen) atoms. The van der Waals surface area contributed by atoms with Crippen LogP contribution in [-0.4, -0.2) is 72.8 Å². The molecule has 2 aromatic rings. The summed E-state index contributed by atoms with van der Waals surface area (Å²) in [5.74, 6) is 0.120. The Labute approximate surface area is 196 Å². The molecule has 1 aliphatic heterocycles. The van der Waals surface area contributed by atoms with Crippen LogP contribution in [0.1, 0.15) is 32.1 Å². The Kier molecular flexibility index (Phi) is 9.72. The second-order valence-electron chi connectivity index (χ2n) is 8.48. The van der Waals surface area contributed by atoms with Crippen molar-refractivity contribution in [3.8, 4) is 11.1 Å². The summed E-state index contributed by atoms with van der Waals surface area (Å²) in [5.41, 5.74) is 2.73. The molecule has 2 amide bonds. The number of hydrogen-bond donors (Lipinski definition) is 2. The van der Waals surface area contributed by atoms with Crippen molar-refractivity contribution in [1.29, 1.82) is 0 Å². The van der Waals surface area contributed by atoms with E-state index in [-0.39, 0.29) is 18.6 Å². The Balaban J connectivity index is 1.40. The molecule has 2 N–H and O–H groups in total. The van der Waals surface area contributed by atoms with Gasteiger partial charge in [0.25, 0.3) is 0 Å². The van der Waals surface area contributed by atoms with E-state index in [1.54, 1.807) is 4.90 Å². The zero-order valence-electron chi connectivity index (χ0n) is 19.4. The van der Waals surface area contributed by atoms with Gasteiger partial charge in [-0.15, -0.1) is 0 Å². The molecule has 3 rings (SSSR count). The van der Waals surface area contributed by atoms with Crippen LogP contribution in [0.15, 0.2) is 54.6 Å². The molecule has 0 atom stereocenters. The number of anilines is 1. The highest BCUT2D eigenvalue weighted by molar-refractivity contribution is 5.91. The van der Waals surface area contributed by atoms with Gasteiger partial charge in [-0.25, -0.2) is 4.79 Å². The summed E-state index contributed by atoms with van der Waals surface area (Å²) in [6.07, 6.45) is 2.89. The summed E-state index contributed by atoms with van der Waals surface area (Å²) < 4.78 is 5.69. The number of unbranched alkanes of at least 4 members (excludes halogenated alkanes) is 1. The number of rotatable bonds is 10. The third-order valence-corrected chi connectivity index (χ3v) is 6.03. The average Bonchev–Trinajstić information content (AvgIpc) is 2.84. The highest BCUT2D eigenvalue weighted by atomic mass is 16.6. The average molecular weight is 454 g/mol. The number of ether oxygens (including phenoxy) is 1. The van der Waals surface area contributed by atoms with Crippen LogP contribution in [0, 0.1) is 0 Å². The molecule has 2 aromatic carbocycles. The first-order chi connectivity index (χ1) is 16.1. The molecule has 178 valence electrons. The van der Waals surface area contributed by atoms with Crippen molar-refractivity contribution in [2.45, 2.75) is 38.2 Å². The van der Waals surface area contributed by atoms with E-state index in [2.05, 4.69) is 10.2 Å². The quantitative estimate of drug-likeness (QED) is 0.532. The molecule has 0 unspecified atom stereocenters. The van der Waals surface area contributed by atoms with Gasteiger partial charge in [-0.1, -0.05) is 48.5 Å². The van der Waals surface area contributed by atoms with Crippen LogP contribution in [0.5, 0.6) is 0 Å². The zero-order chi connectivity index (χ0) is 23.5. The van der Waals surface area contributed by atoms with Gasteiger partial charge in [0.05, 0.1) is 5.69 Å². The first kappa shape index (κ1) is 24.7. The van der Waals surface area contributed by atoms with E-state index in [0.29, 0.717) is 19.4 Å².